The molecular formula is C15H18N2O2. The van der Waals surface area contributed by atoms with Gasteiger partial charge in [-0.05, 0) is 37.1 Å². The number of carbonyl (C=O) groups excluding carboxylic acids is 1. The highest BCUT2D eigenvalue weighted by Gasteiger charge is 2.14. The van der Waals surface area contributed by atoms with Crippen LogP contribution in [0.4, 0.5) is 0 Å². The lowest BCUT2D eigenvalue weighted by Crippen LogP contribution is -2.28. The topological polar surface area (TPSA) is 62.1 Å². The molecule has 0 radical (unpaired) electrons. The van der Waals surface area contributed by atoms with Gasteiger partial charge in [0, 0.05) is 12.1 Å². The van der Waals surface area contributed by atoms with Gasteiger partial charge in [0.1, 0.15) is 0 Å². The van der Waals surface area contributed by atoms with Crippen LogP contribution in [-0.4, -0.2) is 25.2 Å². The molecule has 100 valence electrons. The largest absolute Gasteiger partial charge is 0.376 e. The first kappa shape index (κ1) is 13.6. The zero-order chi connectivity index (χ0) is 13.5. The Morgan fingerprint density at radius 1 is 1.32 bits per heavy atom. The van der Waals surface area contributed by atoms with Gasteiger partial charge in [0.25, 0.3) is 5.91 Å². The van der Waals surface area contributed by atoms with Gasteiger partial charge in [0.05, 0.1) is 24.3 Å². The molecule has 1 amide bonds. The fourth-order valence-electron chi connectivity index (χ4n) is 2.24. The first-order valence-corrected chi connectivity index (χ1v) is 6.69. The molecule has 0 unspecified atom stereocenters. The summed E-state index contributed by atoms with van der Waals surface area (Å²) >= 11 is 0. The monoisotopic (exact) mass is 258 g/mol. The minimum absolute atomic E-state index is 0.125. The number of rotatable bonds is 5. The molecule has 1 aromatic rings. The maximum atomic E-state index is 11.8. The Balaban J connectivity index is 1.69. The summed E-state index contributed by atoms with van der Waals surface area (Å²) in [4.78, 5) is 11.8. The average Bonchev–Trinajstić information content (AvgIpc) is 2.96. The van der Waals surface area contributed by atoms with Crippen molar-refractivity contribution in [2.75, 3.05) is 13.2 Å². The first-order chi connectivity index (χ1) is 9.29. The third kappa shape index (κ3) is 4.08. The molecule has 1 saturated carbocycles. The molecule has 19 heavy (non-hydrogen) atoms. The molecule has 2 rings (SSSR count). The highest BCUT2D eigenvalue weighted by atomic mass is 16.5. The number of benzene rings is 1. The van der Waals surface area contributed by atoms with Gasteiger partial charge in [-0.3, -0.25) is 4.79 Å². The molecule has 0 bridgehead atoms. The maximum Gasteiger partial charge on any atom is 0.251 e. The molecule has 0 heterocycles. The van der Waals surface area contributed by atoms with Crippen LogP contribution < -0.4 is 5.32 Å². The van der Waals surface area contributed by atoms with Crippen LogP contribution in [0, 0.1) is 11.3 Å². The summed E-state index contributed by atoms with van der Waals surface area (Å²) < 4.78 is 5.67. The first-order valence-electron chi connectivity index (χ1n) is 6.69. The van der Waals surface area contributed by atoms with E-state index in [0.29, 0.717) is 30.4 Å². The smallest absolute Gasteiger partial charge is 0.251 e. The van der Waals surface area contributed by atoms with Crippen LogP contribution in [0.5, 0.6) is 0 Å². The third-order valence-electron chi connectivity index (χ3n) is 3.32. The van der Waals surface area contributed by atoms with Gasteiger partial charge >= 0.3 is 0 Å². The Labute approximate surface area is 113 Å². The van der Waals surface area contributed by atoms with E-state index in [1.165, 1.54) is 12.8 Å². The summed E-state index contributed by atoms with van der Waals surface area (Å²) in [6, 6.07) is 8.63. The SMILES string of the molecule is N#Cc1ccc(C(=O)NCCOC2CCCC2)cc1. The van der Waals surface area contributed by atoms with Crippen LogP contribution in [-0.2, 0) is 4.74 Å². The van der Waals surface area contributed by atoms with E-state index in [2.05, 4.69) is 5.32 Å². The van der Waals surface area contributed by atoms with E-state index < -0.39 is 0 Å². The summed E-state index contributed by atoms with van der Waals surface area (Å²) in [6.07, 6.45) is 5.17. The summed E-state index contributed by atoms with van der Waals surface area (Å²) in [6.45, 7) is 1.09. The van der Waals surface area contributed by atoms with Gasteiger partial charge in [-0.1, -0.05) is 12.8 Å². The quantitative estimate of drug-likeness (QED) is 0.824. The standard InChI is InChI=1S/C15H18N2O2/c16-11-12-5-7-13(8-6-12)15(18)17-9-10-19-14-3-1-2-4-14/h5-8,14H,1-4,9-10H2,(H,17,18). The number of amides is 1. The van der Waals surface area contributed by atoms with Crippen molar-refractivity contribution in [3.8, 4) is 6.07 Å². The van der Waals surface area contributed by atoms with Crippen LogP contribution in [0.2, 0.25) is 0 Å². The van der Waals surface area contributed by atoms with Crippen molar-refractivity contribution in [2.45, 2.75) is 31.8 Å². The zero-order valence-electron chi connectivity index (χ0n) is 10.9. The van der Waals surface area contributed by atoms with E-state index in [1.807, 2.05) is 6.07 Å². The molecule has 0 spiro atoms. The van der Waals surface area contributed by atoms with E-state index in [4.69, 9.17) is 10.00 Å². The Kier molecular flexibility index (Phi) is 4.93. The normalized spacial score (nSPS) is 15.1. The number of hydrogen-bond acceptors (Lipinski definition) is 3. The van der Waals surface area contributed by atoms with Gasteiger partial charge in [0.15, 0.2) is 0 Å². The van der Waals surface area contributed by atoms with Gasteiger partial charge in [-0.15, -0.1) is 0 Å². The summed E-state index contributed by atoms with van der Waals surface area (Å²) in [5.41, 5.74) is 1.13. The van der Waals surface area contributed by atoms with Crippen molar-refractivity contribution >= 4 is 5.91 Å². The van der Waals surface area contributed by atoms with Crippen LogP contribution in [0.25, 0.3) is 0 Å². The number of nitrogens with zero attached hydrogens (tertiary/aromatic N) is 1. The predicted molar refractivity (Wildman–Crippen MR) is 71.7 cm³/mol. The van der Waals surface area contributed by atoms with Crippen LogP contribution in [0.3, 0.4) is 0 Å². The molecule has 1 aromatic carbocycles. The van der Waals surface area contributed by atoms with Crippen molar-refractivity contribution in [3.05, 3.63) is 35.4 Å². The van der Waals surface area contributed by atoms with Crippen molar-refractivity contribution in [1.29, 1.82) is 5.26 Å². The van der Waals surface area contributed by atoms with E-state index in [9.17, 15) is 4.79 Å². The summed E-state index contributed by atoms with van der Waals surface area (Å²) in [7, 11) is 0. The second-order valence-electron chi connectivity index (χ2n) is 4.72. The van der Waals surface area contributed by atoms with Crippen molar-refractivity contribution in [1.82, 2.24) is 5.32 Å². The number of nitriles is 1. The second-order valence-corrected chi connectivity index (χ2v) is 4.72. The fraction of sp³-hybridized carbons (Fsp3) is 0.467. The number of hydrogen-bond donors (Lipinski definition) is 1. The predicted octanol–water partition coefficient (Wildman–Crippen LogP) is 2.25. The molecule has 0 atom stereocenters. The number of nitrogens with one attached hydrogen (secondary N) is 1. The summed E-state index contributed by atoms with van der Waals surface area (Å²) in [5.74, 6) is -0.125. The Morgan fingerprint density at radius 2 is 2.00 bits per heavy atom. The molecule has 4 heteroatoms. The van der Waals surface area contributed by atoms with Crippen molar-refractivity contribution in [2.24, 2.45) is 0 Å². The highest BCUT2D eigenvalue weighted by Crippen LogP contribution is 2.20. The molecule has 1 N–H and O–H groups in total. The lowest BCUT2D eigenvalue weighted by Gasteiger charge is -2.11. The van der Waals surface area contributed by atoms with Crippen LogP contribution in [0.15, 0.2) is 24.3 Å². The molecule has 1 fully saturated rings. The van der Waals surface area contributed by atoms with E-state index in [-0.39, 0.29) is 5.91 Å². The average molecular weight is 258 g/mol. The van der Waals surface area contributed by atoms with E-state index in [0.717, 1.165) is 12.8 Å². The van der Waals surface area contributed by atoms with Gasteiger partial charge in [-0.25, -0.2) is 0 Å². The molecule has 0 aliphatic heterocycles. The Bertz CT molecular complexity index is 456. The lowest BCUT2D eigenvalue weighted by molar-refractivity contribution is 0.0582. The van der Waals surface area contributed by atoms with E-state index >= 15 is 0 Å². The molecule has 0 saturated heterocycles. The van der Waals surface area contributed by atoms with Crippen LogP contribution >= 0.6 is 0 Å². The van der Waals surface area contributed by atoms with Crippen molar-refractivity contribution < 1.29 is 9.53 Å². The number of carbonyl (C=O) groups is 1. The van der Waals surface area contributed by atoms with E-state index in [1.54, 1.807) is 24.3 Å². The minimum atomic E-state index is -0.125. The van der Waals surface area contributed by atoms with Crippen molar-refractivity contribution in [3.63, 3.8) is 0 Å². The molecule has 4 nitrogen and oxygen atoms in total. The Morgan fingerprint density at radius 3 is 2.63 bits per heavy atom. The zero-order valence-corrected chi connectivity index (χ0v) is 10.9. The summed E-state index contributed by atoms with van der Waals surface area (Å²) in [5, 5.41) is 11.5. The third-order valence-corrected chi connectivity index (χ3v) is 3.32. The number of ether oxygens (including phenoxy) is 1. The van der Waals surface area contributed by atoms with Gasteiger partial charge in [-0.2, -0.15) is 5.26 Å². The minimum Gasteiger partial charge on any atom is -0.376 e. The molecular weight excluding hydrogens is 240 g/mol. The second kappa shape index (κ2) is 6.91. The fourth-order valence-corrected chi connectivity index (χ4v) is 2.24. The molecule has 1 aliphatic carbocycles. The molecule has 0 aromatic heterocycles. The van der Waals surface area contributed by atoms with Gasteiger partial charge < -0.3 is 10.1 Å². The lowest BCUT2D eigenvalue weighted by atomic mass is 10.1. The molecule has 1 aliphatic rings. The van der Waals surface area contributed by atoms with Gasteiger partial charge in [0.2, 0.25) is 0 Å². The Hall–Kier alpha value is -1.86. The highest BCUT2D eigenvalue weighted by molar-refractivity contribution is 5.94. The van der Waals surface area contributed by atoms with Crippen LogP contribution in [0.1, 0.15) is 41.6 Å². The maximum absolute atomic E-state index is 11.8.